The molecular weight excluding hydrogens is 807 g/mol. The second-order valence-electron chi connectivity index (χ2n) is 9.78. The Morgan fingerprint density at radius 2 is 1.20 bits per heavy atom. The van der Waals surface area contributed by atoms with Crippen molar-refractivity contribution in [3.05, 3.63) is 143 Å². The molecule has 4 aromatic carbocycles. The molecule has 0 saturated heterocycles. The van der Waals surface area contributed by atoms with Crippen LogP contribution in [0.1, 0.15) is 32.1 Å². The second kappa shape index (κ2) is 19.1. The number of esters is 2. The van der Waals surface area contributed by atoms with Gasteiger partial charge in [0.25, 0.3) is 0 Å². The van der Waals surface area contributed by atoms with Crippen LogP contribution in [0.2, 0.25) is 0 Å². The molecule has 0 spiro atoms. The molecule has 0 unspecified atom stereocenters. The third kappa shape index (κ3) is 9.44. The molecule has 6 rings (SSSR count). The van der Waals surface area contributed by atoms with Crippen LogP contribution >= 0.6 is 43.5 Å². The molecule has 0 saturated carbocycles. The van der Waals surface area contributed by atoms with Gasteiger partial charge in [-0.1, -0.05) is 61.2 Å². The van der Waals surface area contributed by atoms with E-state index in [2.05, 4.69) is 52.1 Å². The van der Waals surface area contributed by atoms with E-state index >= 15 is 0 Å². The zero-order valence-corrected chi connectivity index (χ0v) is 32.7. The van der Waals surface area contributed by atoms with E-state index in [-0.39, 0.29) is 47.5 Å². The van der Waals surface area contributed by atoms with Gasteiger partial charge in [0, 0.05) is 30.5 Å². The fourth-order valence-corrected chi connectivity index (χ4v) is 5.67. The SMILES string of the molecule is COC(=O)c1nn(-c2cccc(Br)c2)c2ccc(CCl)cc12.COC(=O)c1nn(-c2cccc(Br)c2)c2ccc(CN=[N+]=[N-])cc12.[N-]=[N+]=[N-].[Na+]. The van der Waals surface area contributed by atoms with Crippen LogP contribution in [0.5, 0.6) is 0 Å². The number of fused-ring (bicyclic) bond motifs is 2. The number of halogens is 3. The monoisotopic (exact) mass is 828 g/mol. The number of carbonyl (C=O) groups is 2. The zero-order chi connectivity index (χ0) is 35.5. The Morgan fingerprint density at radius 1 is 0.760 bits per heavy atom. The minimum Gasteiger partial charge on any atom is -0.464 e. The number of aromatic nitrogens is 4. The van der Waals surface area contributed by atoms with Crippen LogP contribution in [0.15, 0.2) is 99.0 Å². The number of benzene rings is 4. The van der Waals surface area contributed by atoms with Gasteiger partial charge in [-0.05, 0) is 77.3 Å². The number of methoxy groups -OCH3 is 2. The third-order valence-electron chi connectivity index (χ3n) is 6.82. The number of rotatable bonds is 7. The van der Waals surface area contributed by atoms with Gasteiger partial charge in [-0.15, -0.1) is 11.6 Å². The minimum absolute atomic E-state index is 0. The van der Waals surface area contributed by atoms with E-state index < -0.39 is 11.9 Å². The fourth-order valence-electron chi connectivity index (χ4n) is 4.73. The Hall–Kier alpha value is -4.37. The summed E-state index contributed by atoms with van der Waals surface area (Å²) in [5.74, 6) is -0.612. The maximum atomic E-state index is 12.1. The van der Waals surface area contributed by atoms with Gasteiger partial charge in [0.05, 0.1) is 43.2 Å². The first-order valence-electron chi connectivity index (χ1n) is 14.0. The molecule has 0 fully saturated rings. The Kier molecular flexibility index (Phi) is 15.3. The molecule has 0 aliphatic rings. The van der Waals surface area contributed by atoms with Crippen molar-refractivity contribution >= 4 is 77.2 Å². The molecule has 14 nitrogen and oxygen atoms in total. The van der Waals surface area contributed by atoms with Gasteiger partial charge < -0.3 is 20.5 Å². The van der Waals surface area contributed by atoms with Crippen molar-refractivity contribution in [2.24, 2.45) is 5.11 Å². The number of hydrogen-bond donors (Lipinski definition) is 0. The molecule has 18 heteroatoms. The molecule has 0 bridgehead atoms. The van der Waals surface area contributed by atoms with E-state index in [1.165, 1.54) is 19.1 Å². The average molecular weight is 831 g/mol. The van der Waals surface area contributed by atoms with Gasteiger partial charge in [-0.25, -0.2) is 19.0 Å². The van der Waals surface area contributed by atoms with Gasteiger partial charge in [-0.2, -0.15) is 10.2 Å². The predicted molar refractivity (Wildman–Crippen MR) is 193 cm³/mol. The molecule has 2 heterocycles. The van der Waals surface area contributed by atoms with Crippen LogP contribution in [-0.2, 0) is 21.9 Å². The largest absolute Gasteiger partial charge is 1.00 e. The number of carbonyl (C=O) groups excluding carboxylic acids is 2. The van der Waals surface area contributed by atoms with Crippen LogP contribution in [0.4, 0.5) is 0 Å². The zero-order valence-electron chi connectivity index (χ0n) is 26.7. The molecule has 2 aromatic heterocycles. The molecule has 0 amide bonds. The predicted octanol–water partition coefficient (Wildman–Crippen LogP) is 6.57. The van der Waals surface area contributed by atoms with E-state index in [0.29, 0.717) is 11.3 Å². The molecule has 248 valence electrons. The van der Waals surface area contributed by atoms with Gasteiger partial charge in [-0.3, -0.25) is 4.91 Å². The third-order valence-corrected chi connectivity index (χ3v) is 8.12. The van der Waals surface area contributed by atoms with Gasteiger partial charge in [0.2, 0.25) is 0 Å². The van der Waals surface area contributed by atoms with Gasteiger partial charge >= 0.3 is 41.5 Å². The Bertz CT molecular complexity index is 2250. The summed E-state index contributed by atoms with van der Waals surface area (Å²) in [4.78, 5) is 28.3. The number of azide groups is 1. The maximum Gasteiger partial charge on any atom is 1.00 e. The summed E-state index contributed by atoms with van der Waals surface area (Å²) in [6.07, 6.45) is 0. The van der Waals surface area contributed by atoms with E-state index in [1.54, 1.807) is 15.4 Å². The summed E-state index contributed by atoms with van der Waals surface area (Å²) >= 11 is 12.8. The van der Waals surface area contributed by atoms with Crippen molar-refractivity contribution in [1.29, 1.82) is 0 Å². The number of alkyl halides is 1. The second-order valence-corrected chi connectivity index (χ2v) is 11.9. The van der Waals surface area contributed by atoms with Gasteiger partial charge in [0.15, 0.2) is 11.4 Å². The van der Waals surface area contributed by atoms with E-state index in [9.17, 15) is 9.59 Å². The minimum atomic E-state index is -0.519. The molecule has 0 radical (unpaired) electrons. The van der Waals surface area contributed by atoms with Crippen molar-refractivity contribution in [1.82, 2.24) is 19.6 Å². The molecule has 6 aromatic rings. The summed E-state index contributed by atoms with van der Waals surface area (Å²) in [5, 5.41) is 13.8. The van der Waals surface area contributed by atoms with Crippen molar-refractivity contribution in [2.45, 2.75) is 12.4 Å². The number of nitrogens with zero attached hydrogens (tertiary/aromatic N) is 10. The Morgan fingerprint density at radius 3 is 1.60 bits per heavy atom. The molecule has 0 aliphatic carbocycles. The molecule has 0 atom stereocenters. The van der Waals surface area contributed by atoms with E-state index in [1.807, 2.05) is 78.9 Å². The van der Waals surface area contributed by atoms with Gasteiger partial charge in [0.1, 0.15) is 0 Å². The molecule has 0 aliphatic heterocycles. The summed E-state index contributed by atoms with van der Waals surface area (Å²) < 4.78 is 14.9. The van der Waals surface area contributed by atoms with Crippen LogP contribution in [-0.4, -0.2) is 45.7 Å². The fraction of sp³-hybridized carbons (Fsp3) is 0.125. The topological polar surface area (TPSA) is 196 Å². The Labute approximate surface area is 328 Å². The van der Waals surface area contributed by atoms with E-state index in [0.717, 1.165) is 47.9 Å². The van der Waals surface area contributed by atoms with Crippen molar-refractivity contribution in [3.63, 3.8) is 0 Å². The van der Waals surface area contributed by atoms with Crippen LogP contribution in [0.3, 0.4) is 0 Å². The molecule has 50 heavy (non-hydrogen) atoms. The van der Waals surface area contributed by atoms with E-state index in [4.69, 9.17) is 37.7 Å². The quantitative estimate of drug-likeness (QED) is 0.0436. The first kappa shape index (κ1) is 40.1. The summed E-state index contributed by atoms with van der Waals surface area (Å²) in [5.41, 5.74) is 27.4. The smallest absolute Gasteiger partial charge is 0.464 e. The first-order valence-corrected chi connectivity index (χ1v) is 16.1. The summed E-state index contributed by atoms with van der Waals surface area (Å²) in [6, 6.07) is 26.5. The normalized spacial score (nSPS) is 9.94. The summed E-state index contributed by atoms with van der Waals surface area (Å²) in [6.45, 7) is 0.203. The average Bonchev–Trinajstić information content (AvgIpc) is 3.69. The van der Waals surface area contributed by atoms with Crippen LogP contribution < -0.4 is 29.6 Å². The molecular formula is C32H24Br2ClN10NaO4. The van der Waals surface area contributed by atoms with Crippen LogP contribution in [0, 0.1) is 0 Å². The summed E-state index contributed by atoms with van der Waals surface area (Å²) in [7, 11) is 2.66. The number of hydrogen-bond acceptors (Lipinski definition) is 7. The first-order chi connectivity index (χ1) is 23.7. The van der Waals surface area contributed by atoms with Crippen molar-refractivity contribution in [3.8, 4) is 11.4 Å². The van der Waals surface area contributed by atoms with Crippen molar-refractivity contribution < 1.29 is 48.6 Å². The number of ether oxygens (including phenoxy) is 2. The standard InChI is InChI=1S/C16H12BrClN2O2.C16H12BrN5O2.N3.Na/c1-22-16(21)15-13-7-10(9-18)5-6-14(13)20(19-15)12-4-2-3-11(17)8-12;1-24-16(23)15-13-7-10(9-19-21-18)5-6-14(13)22(20-15)12-4-2-3-11(17)8-12;1-3-2;/h2-8H,9H2,1H3;2-8H,9H2,1H3;;/q;;-1;+1. The molecule has 0 N–H and O–H groups in total. The van der Waals surface area contributed by atoms with Crippen LogP contribution in [0.25, 0.3) is 59.6 Å². The van der Waals surface area contributed by atoms with Crippen molar-refractivity contribution in [2.75, 3.05) is 14.2 Å². The Balaban J connectivity index is 0.000000247. The maximum absolute atomic E-state index is 12.1.